The maximum absolute atomic E-state index is 12.7. The quantitative estimate of drug-likeness (QED) is 0.618. The molecule has 3 nitrogen and oxygen atoms in total. The molecule has 3 aromatic rings. The van der Waals surface area contributed by atoms with E-state index in [2.05, 4.69) is 53.1 Å². The van der Waals surface area contributed by atoms with Crippen molar-refractivity contribution in [1.82, 2.24) is 4.90 Å². The molecule has 0 radical (unpaired) electrons. The van der Waals surface area contributed by atoms with Crippen LogP contribution in [0.25, 0.3) is 10.1 Å². The second-order valence-electron chi connectivity index (χ2n) is 6.99. The number of hydrogen-bond donors (Lipinski definition) is 0. The molecule has 0 bridgehead atoms. The first kappa shape index (κ1) is 17.3. The van der Waals surface area contributed by atoms with Crippen molar-refractivity contribution in [2.24, 2.45) is 0 Å². The molecule has 0 spiro atoms. The number of fused-ring (bicyclic) bond motifs is 1. The highest BCUT2D eigenvalue weighted by Crippen LogP contribution is 2.26. The van der Waals surface area contributed by atoms with Crippen molar-refractivity contribution in [3.63, 3.8) is 0 Å². The molecule has 1 aliphatic heterocycles. The minimum atomic E-state index is 0.267. The molecule has 4 heteroatoms. The third-order valence-corrected chi connectivity index (χ3v) is 6.14. The van der Waals surface area contributed by atoms with Crippen molar-refractivity contribution in [3.8, 4) is 0 Å². The van der Waals surface area contributed by atoms with Crippen LogP contribution in [-0.2, 0) is 0 Å². The van der Waals surface area contributed by atoms with Gasteiger partial charge in [0.15, 0.2) is 5.78 Å². The standard InChI is InChI=1S/C22H24N2OS/c1-17-5-4-6-18(15-17)24-13-11-23(12-14-24)10-9-21(25)20-16-26-22-8-3-2-7-19(20)22/h2-8,15-16H,9-14H2,1H3. The average Bonchev–Trinajstić information content (AvgIpc) is 3.11. The minimum Gasteiger partial charge on any atom is -0.369 e. The zero-order chi connectivity index (χ0) is 17.9. The molecule has 0 unspecified atom stereocenters. The number of nitrogens with zero attached hydrogens (tertiary/aromatic N) is 2. The van der Waals surface area contributed by atoms with Gasteiger partial charge in [-0.1, -0.05) is 30.3 Å². The van der Waals surface area contributed by atoms with E-state index in [0.717, 1.165) is 43.7 Å². The van der Waals surface area contributed by atoms with Crippen LogP contribution in [0.15, 0.2) is 53.9 Å². The lowest BCUT2D eigenvalue weighted by molar-refractivity contribution is 0.0964. The van der Waals surface area contributed by atoms with Crippen LogP contribution in [0.1, 0.15) is 22.3 Å². The first-order valence-corrected chi connectivity index (χ1v) is 10.1. The molecule has 1 saturated heterocycles. The van der Waals surface area contributed by atoms with E-state index < -0.39 is 0 Å². The molecule has 1 aromatic heterocycles. The van der Waals surface area contributed by atoms with E-state index in [1.54, 1.807) is 11.3 Å². The van der Waals surface area contributed by atoms with E-state index in [1.165, 1.54) is 16.0 Å². The molecule has 0 saturated carbocycles. The lowest BCUT2D eigenvalue weighted by Gasteiger charge is -2.36. The van der Waals surface area contributed by atoms with Crippen LogP contribution in [0.2, 0.25) is 0 Å². The smallest absolute Gasteiger partial charge is 0.165 e. The number of rotatable bonds is 5. The van der Waals surface area contributed by atoms with E-state index in [9.17, 15) is 4.79 Å². The number of aryl methyl sites for hydroxylation is 1. The highest BCUT2D eigenvalue weighted by atomic mass is 32.1. The van der Waals surface area contributed by atoms with Gasteiger partial charge in [0.05, 0.1) is 0 Å². The number of anilines is 1. The molecule has 0 aliphatic carbocycles. The highest BCUT2D eigenvalue weighted by Gasteiger charge is 2.19. The molecule has 0 atom stereocenters. The summed E-state index contributed by atoms with van der Waals surface area (Å²) in [5.74, 6) is 0.267. The number of Topliss-reactive ketones (excluding diaryl/α,β-unsaturated/α-hetero) is 1. The summed E-state index contributed by atoms with van der Waals surface area (Å²) in [7, 11) is 0. The second kappa shape index (κ2) is 7.60. The molecule has 4 rings (SSSR count). The Kier molecular flexibility index (Phi) is 5.05. The predicted molar refractivity (Wildman–Crippen MR) is 111 cm³/mol. The Balaban J connectivity index is 1.31. The second-order valence-corrected chi connectivity index (χ2v) is 7.90. The van der Waals surface area contributed by atoms with Gasteiger partial charge in [0.25, 0.3) is 0 Å². The summed E-state index contributed by atoms with van der Waals surface area (Å²) in [4.78, 5) is 17.5. The molecule has 1 aliphatic rings. The van der Waals surface area contributed by atoms with Crippen LogP contribution in [0.4, 0.5) is 5.69 Å². The Morgan fingerprint density at radius 2 is 1.85 bits per heavy atom. The van der Waals surface area contributed by atoms with E-state index in [0.29, 0.717) is 6.42 Å². The fourth-order valence-corrected chi connectivity index (χ4v) is 4.61. The van der Waals surface area contributed by atoms with Gasteiger partial charge in [-0.05, 0) is 30.7 Å². The highest BCUT2D eigenvalue weighted by molar-refractivity contribution is 7.17. The number of thiophene rings is 1. The molecule has 0 N–H and O–H groups in total. The van der Waals surface area contributed by atoms with Crippen LogP contribution >= 0.6 is 11.3 Å². The van der Waals surface area contributed by atoms with Gasteiger partial charge in [0, 0.05) is 65.9 Å². The summed E-state index contributed by atoms with van der Waals surface area (Å²) in [6.45, 7) is 7.08. The molecule has 134 valence electrons. The first-order valence-electron chi connectivity index (χ1n) is 9.24. The molecule has 0 amide bonds. The van der Waals surface area contributed by atoms with Crippen LogP contribution in [0.5, 0.6) is 0 Å². The largest absolute Gasteiger partial charge is 0.369 e. The number of carbonyl (C=O) groups excluding carboxylic acids is 1. The zero-order valence-electron chi connectivity index (χ0n) is 15.1. The molecule has 26 heavy (non-hydrogen) atoms. The Bertz CT molecular complexity index is 909. The van der Waals surface area contributed by atoms with E-state index in [-0.39, 0.29) is 5.78 Å². The van der Waals surface area contributed by atoms with Crippen molar-refractivity contribution in [3.05, 3.63) is 65.0 Å². The Morgan fingerprint density at radius 3 is 2.65 bits per heavy atom. The fraction of sp³-hybridized carbons (Fsp3) is 0.318. The van der Waals surface area contributed by atoms with Gasteiger partial charge in [-0.3, -0.25) is 9.69 Å². The van der Waals surface area contributed by atoms with Crippen LogP contribution < -0.4 is 4.90 Å². The van der Waals surface area contributed by atoms with Gasteiger partial charge in [-0.2, -0.15) is 0 Å². The third-order valence-electron chi connectivity index (χ3n) is 5.18. The number of hydrogen-bond acceptors (Lipinski definition) is 4. The number of benzene rings is 2. The molecule has 1 fully saturated rings. The lowest BCUT2D eigenvalue weighted by atomic mass is 10.1. The summed E-state index contributed by atoms with van der Waals surface area (Å²) in [5, 5.41) is 3.12. The van der Waals surface area contributed by atoms with Gasteiger partial charge in [-0.15, -0.1) is 11.3 Å². The SMILES string of the molecule is Cc1cccc(N2CCN(CCC(=O)c3csc4ccccc34)CC2)c1. The van der Waals surface area contributed by atoms with Gasteiger partial charge in [-0.25, -0.2) is 0 Å². The van der Waals surface area contributed by atoms with E-state index in [4.69, 9.17) is 0 Å². The molecular formula is C22H24N2OS. The first-order chi connectivity index (χ1) is 12.7. The Labute approximate surface area is 158 Å². The van der Waals surface area contributed by atoms with Crippen molar-refractivity contribution in [2.45, 2.75) is 13.3 Å². The minimum absolute atomic E-state index is 0.267. The maximum Gasteiger partial charge on any atom is 0.165 e. The van der Waals surface area contributed by atoms with Crippen LogP contribution in [0, 0.1) is 6.92 Å². The fourth-order valence-electron chi connectivity index (χ4n) is 3.64. The Hall–Kier alpha value is -2.17. The van der Waals surface area contributed by atoms with Gasteiger partial charge >= 0.3 is 0 Å². The maximum atomic E-state index is 12.7. The van der Waals surface area contributed by atoms with Gasteiger partial charge in [0.1, 0.15) is 0 Å². The topological polar surface area (TPSA) is 23.6 Å². The third kappa shape index (κ3) is 3.67. The van der Waals surface area contributed by atoms with Gasteiger partial charge < -0.3 is 4.90 Å². The molecule has 2 aromatic carbocycles. The average molecular weight is 365 g/mol. The normalized spacial score (nSPS) is 15.5. The monoisotopic (exact) mass is 364 g/mol. The molecule has 2 heterocycles. The summed E-state index contributed by atoms with van der Waals surface area (Å²) < 4.78 is 1.20. The van der Waals surface area contributed by atoms with Crippen LogP contribution in [0.3, 0.4) is 0 Å². The van der Waals surface area contributed by atoms with E-state index in [1.807, 2.05) is 17.5 Å². The summed E-state index contributed by atoms with van der Waals surface area (Å²) >= 11 is 1.66. The van der Waals surface area contributed by atoms with Crippen LogP contribution in [-0.4, -0.2) is 43.4 Å². The predicted octanol–water partition coefficient (Wildman–Crippen LogP) is 4.60. The summed E-state index contributed by atoms with van der Waals surface area (Å²) in [6.07, 6.45) is 0.602. The Morgan fingerprint density at radius 1 is 1.04 bits per heavy atom. The number of piperazine rings is 1. The molecular weight excluding hydrogens is 340 g/mol. The zero-order valence-corrected chi connectivity index (χ0v) is 16.0. The number of ketones is 1. The number of carbonyl (C=O) groups is 1. The van der Waals surface area contributed by atoms with Crippen molar-refractivity contribution in [2.75, 3.05) is 37.6 Å². The van der Waals surface area contributed by atoms with Crippen molar-refractivity contribution in [1.29, 1.82) is 0 Å². The van der Waals surface area contributed by atoms with Gasteiger partial charge in [0.2, 0.25) is 0 Å². The lowest BCUT2D eigenvalue weighted by Crippen LogP contribution is -2.46. The van der Waals surface area contributed by atoms with Crippen molar-refractivity contribution >= 4 is 32.9 Å². The summed E-state index contributed by atoms with van der Waals surface area (Å²) in [5.41, 5.74) is 3.51. The summed E-state index contributed by atoms with van der Waals surface area (Å²) in [6, 6.07) is 16.9. The van der Waals surface area contributed by atoms with Crippen molar-refractivity contribution < 1.29 is 4.79 Å². The van der Waals surface area contributed by atoms with E-state index >= 15 is 0 Å².